The molecule has 6 heteroatoms. The summed E-state index contributed by atoms with van der Waals surface area (Å²) in [5, 5.41) is 6.37. The summed E-state index contributed by atoms with van der Waals surface area (Å²) < 4.78 is 5.43. The van der Waals surface area contributed by atoms with Crippen LogP contribution in [0.15, 0.2) is 34.9 Å². The van der Waals surface area contributed by atoms with Gasteiger partial charge in [0.2, 0.25) is 11.8 Å². The molecule has 0 radical (unpaired) electrons. The van der Waals surface area contributed by atoms with Crippen LogP contribution in [0.1, 0.15) is 18.6 Å². The van der Waals surface area contributed by atoms with E-state index in [0.717, 1.165) is 12.2 Å². The van der Waals surface area contributed by atoms with Crippen LogP contribution in [0.25, 0.3) is 0 Å². The van der Waals surface area contributed by atoms with Crippen molar-refractivity contribution in [2.24, 2.45) is 0 Å². The van der Waals surface area contributed by atoms with Gasteiger partial charge in [-0.05, 0) is 24.3 Å². The molecule has 5 nitrogen and oxygen atoms in total. The fraction of sp³-hybridized carbons (Fsp3) is 0.286. The molecule has 0 spiro atoms. The molecular weight excluding hydrogens is 278 g/mol. The number of hydrogen-bond acceptors (Lipinski definition) is 4. The maximum absolute atomic E-state index is 11.7. The Morgan fingerprint density at radius 3 is 2.75 bits per heavy atom. The van der Waals surface area contributed by atoms with E-state index in [1.807, 2.05) is 6.92 Å². The van der Waals surface area contributed by atoms with Gasteiger partial charge < -0.3 is 9.73 Å². The van der Waals surface area contributed by atoms with Crippen LogP contribution >= 0.6 is 11.6 Å². The standard InChI is InChI=1S/C14H16ClN3O2/c1-2-12-7-17-14(20-12)9-16-8-13(19)18-11-5-3-10(15)4-6-11/h3-7,16H,2,8-9H2,1H3,(H,18,19). The maximum Gasteiger partial charge on any atom is 0.238 e. The summed E-state index contributed by atoms with van der Waals surface area (Å²) in [5.41, 5.74) is 0.714. The van der Waals surface area contributed by atoms with Crippen molar-refractivity contribution in [2.75, 3.05) is 11.9 Å². The zero-order chi connectivity index (χ0) is 14.4. The van der Waals surface area contributed by atoms with E-state index < -0.39 is 0 Å². The summed E-state index contributed by atoms with van der Waals surface area (Å²) in [6.45, 7) is 2.61. The fourth-order valence-corrected chi connectivity index (χ4v) is 1.74. The summed E-state index contributed by atoms with van der Waals surface area (Å²) in [7, 11) is 0. The largest absolute Gasteiger partial charge is 0.444 e. The molecule has 0 aliphatic heterocycles. The van der Waals surface area contributed by atoms with Crippen molar-refractivity contribution in [2.45, 2.75) is 19.9 Å². The van der Waals surface area contributed by atoms with E-state index in [0.29, 0.717) is 23.1 Å². The highest BCUT2D eigenvalue weighted by Crippen LogP contribution is 2.13. The summed E-state index contributed by atoms with van der Waals surface area (Å²) in [5.74, 6) is 1.29. The lowest BCUT2D eigenvalue weighted by atomic mass is 10.3. The van der Waals surface area contributed by atoms with Crippen LogP contribution in [0.2, 0.25) is 5.02 Å². The Morgan fingerprint density at radius 1 is 1.35 bits per heavy atom. The predicted octanol–water partition coefficient (Wildman–Crippen LogP) is 2.62. The summed E-state index contributed by atoms with van der Waals surface area (Å²) >= 11 is 5.77. The predicted molar refractivity (Wildman–Crippen MR) is 77.7 cm³/mol. The molecule has 2 N–H and O–H groups in total. The Bertz CT molecular complexity index is 566. The highest BCUT2D eigenvalue weighted by Gasteiger charge is 2.05. The third-order valence-electron chi connectivity index (χ3n) is 2.64. The first-order chi connectivity index (χ1) is 9.67. The van der Waals surface area contributed by atoms with Crippen LogP contribution in [-0.2, 0) is 17.8 Å². The Hall–Kier alpha value is -1.85. The lowest BCUT2D eigenvalue weighted by Gasteiger charge is -2.05. The van der Waals surface area contributed by atoms with Crippen molar-refractivity contribution in [3.63, 3.8) is 0 Å². The number of carbonyl (C=O) groups is 1. The van der Waals surface area contributed by atoms with E-state index in [4.69, 9.17) is 16.0 Å². The van der Waals surface area contributed by atoms with Crippen LogP contribution in [0.3, 0.4) is 0 Å². The monoisotopic (exact) mass is 293 g/mol. The number of oxazole rings is 1. The van der Waals surface area contributed by atoms with Gasteiger partial charge in [0, 0.05) is 17.1 Å². The second-order valence-electron chi connectivity index (χ2n) is 4.23. The van der Waals surface area contributed by atoms with Gasteiger partial charge in [-0.2, -0.15) is 0 Å². The number of anilines is 1. The van der Waals surface area contributed by atoms with Gasteiger partial charge in [0.1, 0.15) is 5.76 Å². The minimum absolute atomic E-state index is 0.130. The van der Waals surface area contributed by atoms with Crippen molar-refractivity contribution in [1.82, 2.24) is 10.3 Å². The van der Waals surface area contributed by atoms with Gasteiger partial charge >= 0.3 is 0 Å². The Balaban J connectivity index is 1.73. The summed E-state index contributed by atoms with van der Waals surface area (Å²) in [6, 6.07) is 6.96. The third kappa shape index (κ3) is 4.36. The molecule has 0 saturated carbocycles. The molecule has 1 aromatic carbocycles. The van der Waals surface area contributed by atoms with E-state index in [1.165, 1.54) is 0 Å². The average molecular weight is 294 g/mol. The van der Waals surface area contributed by atoms with Crippen LogP contribution in [-0.4, -0.2) is 17.4 Å². The van der Waals surface area contributed by atoms with Crippen molar-refractivity contribution >= 4 is 23.2 Å². The minimum atomic E-state index is -0.130. The molecule has 0 saturated heterocycles. The SMILES string of the molecule is CCc1cnc(CNCC(=O)Nc2ccc(Cl)cc2)o1. The molecule has 2 aromatic rings. The van der Waals surface area contributed by atoms with Crippen LogP contribution in [0.5, 0.6) is 0 Å². The number of aryl methyl sites for hydroxylation is 1. The molecule has 0 bridgehead atoms. The number of amides is 1. The van der Waals surface area contributed by atoms with Crippen molar-refractivity contribution in [3.8, 4) is 0 Å². The van der Waals surface area contributed by atoms with Crippen molar-refractivity contribution < 1.29 is 9.21 Å². The number of aromatic nitrogens is 1. The fourth-order valence-electron chi connectivity index (χ4n) is 1.61. The van der Waals surface area contributed by atoms with Crippen molar-refractivity contribution in [3.05, 3.63) is 47.1 Å². The lowest BCUT2D eigenvalue weighted by molar-refractivity contribution is -0.115. The first-order valence-electron chi connectivity index (χ1n) is 6.37. The second kappa shape index (κ2) is 7.07. The maximum atomic E-state index is 11.7. The van der Waals surface area contributed by atoms with Gasteiger partial charge in [0.25, 0.3) is 0 Å². The number of nitrogens with zero attached hydrogens (tertiary/aromatic N) is 1. The number of nitrogens with one attached hydrogen (secondary N) is 2. The Labute approximate surface area is 122 Å². The number of halogens is 1. The first-order valence-corrected chi connectivity index (χ1v) is 6.75. The van der Waals surface area contributed by atoms with Gasteiger partial charge in [-0.1, -0.05) is 18.5 Å². The molecule has 0 aliphatic carbocycles. The van der Waals surface area contributed by atoms with Gasteiger partial charge in [0.15, 0.2) is 0 Å². The molecule has 2 rings (SSSR count). The van der Waals surface area contributed by atoms with E-state index in [2.05, 4.69) is 15.6 Å². The number of hydrogen-bond donors (Lipinski definition) is 2. The average Bonchev–Trinajstić information content (AvgIpc) is 2.89. The minimum Gasteiger partial charge on any atom is -0.444 e. The molecule has 0 aliphatic rings. The molecular formula is C14H16ClN3O2. The molecule has 1 aromatic heterocycles. The molecule has 0 unspecified atom stereocenters. The molecule has 1 amide bonds. The van der Waals surface area contributed by atoms with Crippen LogP contribution in [0.4, 0.5) is 5.69 Å². The smallest absolute Gasteiger partial charge is 0.238 e. The lowest BCUT2D eigenvalue weighted by Crippen LogP contribution is -2.27. The summed E-state index contributed by atoms with van der Waals surface area (Å²) in [4.78, 5) is 15.8. The van der Waals surface area contributed by atoms with E-state index >= 15 is 0 Å². The van der Waals surface area contributed by atoms with E-state index in [1.54, 1.807) is 30.5 Å². The summed E-state index contributed by atoms with van der Waals surface area (Å²) in [6.07, 6.45) is 2.51. The molecule has 0 atom stereocenters. The van der Waals surface area contributed by atoms with Crippen molar-refractivity contribution in [1.29, 1.82) is 0 Å². The molecule has 0 fully saturated rings. The Morgan fingerprint density at radius 2 is 2.10 bits per heavy atom. The normalized spacial score (nSPS) is 10.5. The molecule has 1 heterocycles. The highest BCUT2D eigenvalue weighted by molar-refractivity contribution is 6.30. The number of carbonyl (C=O) groups excluding carboxylic acids is 1. The molecule has 20 heavy (non-hydrogen) atoms. The number of benzene rings is 1. The van der Waals surface area contributed by atoms with Gasteiger partial charge in [-0.15, -0.1) is 0 Å². The van der Waals surface area contributed by atoms with Crippen LogP contribution in [0, 0.1) is 0 Å². The Kier molecular flexibility index (Phi) is 5.15. The quantitative estimate of drug-likeness (QED) is 0.859. The van der Waals surface area contributed by atoms with E-state index in [9.17, 15) is 4.79 Å². The third-order valence-corrected chi connectivity index (χ3v) is 2.89. The van der Waals surface area contributed by atoms with Gasteiger partial charge in [-0.25, -0.2) is 4.98 Å². The van der Waals surface area contributed by atoms with Gasteiger partial charge in [0.05, 0.1) is 19.3 Å². The van der Waals surface area contributed by atoms with E-state index in [-0.39, 0.29) is 12.5 Å². The first kappa shape index (κ1) is 14.6. The molecule has 106 valence electrons. The zero-order valence-corrected chi connectivity index (χ0v) is 11.9. The van der Waals surface area contributed by atoms with Gasteiger partial charge in [-0.3, -0.25) is 10.1 Å². The zero-order valence-electron chi connectivity index (χ0n) is 11.1. The highest BCUT2D eigenvalue weighted by atomic mass is 35.5. The second-order valence-corrected chi connectivity index (χ2v) is 4.67. The van der Waals surface area contributed by atoms with Crippen LogP contribution < -0.4 is 10.6 Å². The topological polar surface area (TPSA) is 67.2 Å². The number of rotatable bonds is 6.